The molecule has 1 heterocycles. The monoisotopic (exact) mass is 301 g/mol. The summed E-state index contributed by atoms with van der Waals surface area (Å²) < 4.78 is 10.7. The molecule has 5 atom stereocenters. The molecule has 0 amide bonds. The van der Waals surface area contributed by atoms with Gasteiger partial charge in [0, 0.05) is 12.1 Å². The molecule has 0 saturated carbocycles. The molecule has 116 valence electrons. The molecule has 0 aromatic heterocycles. The smallest absolute Gasteiger partial charge is 0.269 e. The lowest BCUT2D eigenvalue weighted by molar-refractivity contribution is -0.410. The van der Waals surface area contributed by atoms with Gasteiger partial charge in [-0.25, -0.2) is 0 Å². The van der Waals surface area contributed by atoms with E-state index in [0.717, 1.165) is 0 Å². The van der Waals surface area contributed by atoms with E-state index >= 15 is 0 Å². The molecule has 1 aromatic carbocycles. The van der Waals surface area contributed by atoms with Crippen molar-refractivity contribution in [3.63, 3.8) is 0 Å². The molecule has 0 spiro atoms. The number of nitro benzene ring substituents is 1. The number of hydrogen-bond donors (Lipinski definition) is 4. The van der Waals surface area contributed by atoms with Crippen LogP contribution in [0.25, 0.3) is 0 Å². The Morgan fingerprint density at radius 2 is 1.81 bits per heavy atom. The lowest BCUT2D eigenvalue weighted by atomic mass is 9.99. The number of nitro groups is 1. The van der Waals surface area contributed by atoms with Gasteiger partial charge in [-0.05, 0) is 12.1 Å². The SMILES string of the molecule is [NH3+]CC1OC(Oc2ccc([N+](=O)[O-])cc2)C(O)C(O)C1O. The van der Waals surface area contributed by atoms with E-state index in [4.69, 9.17) is 9.47 Å². The van der Waals surface area contributed by atoms with Gasteiger partial charge in [0.1, 0.15) is 36.7 Å². The fourth-order valence-corrected chi connectivity index (χ4v) is 2.03. The third-order valence-corrected chi connectivity index (χ3v) is 3.25. The minimum Gasteiger partial charge on any atom is -0.462 e. The van der Waals surface area contributed by atoms with Gasteiger partial charge in [0.15, 0.2) is 0 Å². The summed E-state index contributed by atoms with van der Waals surface area (Å²) >= 11 is 0. The van der Waals surface area contributed by atoms with Crippen LogP contribution in [0.5, 0.6) is 5.75 Å². The van der Waals surface area contributed by atoms with Gasteiger partial charge in [-0.2, -0.15) is 0 Å². The van der Waals surface area contributed by atoms with E-state index in [1.807, 2.05) is 0 Å². The third-order valence-electron chi connectivity index (χ3n) is 3.25. The second kappa shape index (κ2) is 6.33. The normalized spacial score (nSPS) is 32.7. The summed E-state index contributed by atoms with van der Waals surface area (Å²) in [4.78, 5) is 10.0. The van der Waals surface area contributed by atoms with E-state index in [2.05, 4.69) is 5.73 Å². The van der Waals surface area contributed by atoms with Crippen LogP contribution in [-0.4, -0.2) is 57.5 Å². The Bertz CT molecular complexity index is 493. The summed E-state index contributed by atoms with van der Waals surface area (Å²) in [5, 5.41) is 39.8. The average molecular weight is 301 g/mol. The Labute approximate surface area is 119 Å². The summed E-state index contributed by atoms with van der Waals surface area (Å²) in [6.45, 7) is 0.186. The van der Waals surface area contributed by atoms with Crippen LogP contribution in [0, 0.1) is 10.1 Å². The quantitative estimate of drug-likeness (QED) is 0.372. The number of hydrogen-bond acceptors (Lipinski definition) is 7. The van der Waals surface area contributed by atoms with Crippen molar-refractivity contribution in [3.05, 3.63) is 34.4 Å². The van der Waals surface area contributed by atoms with Crippen LogP contribution in [-0.2, 0) is 4.74 Å². The average Bonchev–Trinajstić information content (AvgIpc) is 2.48. The van der Waals surface area contributed by atoms with E-state index in [-0.39, 0.29) is 18.0 Å². The molecule has 1 aromatic rings. The molecule has 1 aliphatic rings. The number of non-ortho nitro benzene ring substituents is 1. The standard InChI is InChI=1S/C12H16N2O7/c13-5-8-9(15)10(16)11(17)12(21-8)20-7-3-1-6(2-4-7)14(18)19/h1-4,8-12,15-17H,5,13H2/p+1. The van der Waals surface area contributed by atoms with Gasteiger partial charge in [-0.15, -0.1) is 0 Å². The minimum atomic E-state index is -1.45. The van der Waals surface area contributed by atoms with Gasteiger partial charge in [-0.3, -0.25) is 10.1 Å². The van der Waals surface area contributed by atoms with E-state index < -0.39 is 35.6 Å². The molecule has 6 N–H and O–H groups in total. The molecular weight excluding hydrogens is 284 g/mol. The van der Waals surface area contributed by atoms with Crippen LogP contribution < -0.4 is 10.5 Å². The molecule has 0 radical (unpaired) electrons. The zero-order valence-corrected chi connectivity index (χ0v) is 11.0. The zero-order chi connectivity index (χ0) is 15.6. The summed E-state index contributed by atoms with van der Waals surface area (Å²) in [6, 6.07) is 5.19. The predicted octanol–water partition coefficient (Wildman–Crippen LogP) is -1.98. The van der Waals surface area contributed by atoms with E-state index in [1.165, 1.54) is 24.3 Å². The first kappa shape index (κ1) is 15.6. The highest BCUT2D eigenvalue weighted by Crippen LogP contribution is 2.25. The van der Waals surface area contributed by atoms with Gasteiger partial charge in [-0.1, -0.05) is 0 Å². The number of quaternary nitrogens is 1. The number of aliphatic hydroxyl groups excluding tert-OH is 3. The Balaban J connectivity index is 2.08. The van der Waals surface area contributed by atoms with Gasteiger partial charge in [0.25, 0.3) is 5.69 Å². The number of benzene rings is 1. The molecular formula is C12H17N2O7+. The molecule has 21 heavy (non-hydrogen) atoms. The first-order valence-corrected chi connectivity index (χ1v) is 6.34. The van der Waals surface area contributed by atoms with Crippen LogP contribution in [0.3, 0.4) is 0 Å². The number of aliphatic hydroxyl groups is 3. The van der Waals surface area contributed by atoms with Crippen molar-refractivity contribution >= 4 is 5.69 Å². The van der Waals surface area contributed by atoms with Gasteiger partial charge < -0.3 is 30.5 Å². The summed E-state index contributed by atoms with van der Waals surface area (Å²) in [5.41, 5.74) is 3.48. The maximum Gasteiger partial charge on any atom is 0.269 e. The Kier molecular flexibility index (Phi) is 4.70. The second-order valence-corrected chi connectivity index (χ2v) is 4.67. The van der Waals surface area contributed by atoms with Crippen molar-refractivity contribution in [1.82, 2.24) is 0 Å². The van der Waals surface area contributed by atoms with Crippen LogP contribution in [0.1, 0.15) is 0 Å². The Hall–Kier alpha value is -1.78. The van der Waals surface area contributed by atoms with E-state index in [1.54, 1.807) is 0 Å². The molecule has 2 rings (SSSR count). The first-order chi connectivity index (χ1) is 9.93. The predicted molar refractivity (Wildman–Crippen MR) is 68.2 cm³/mol. The maximum absolute atomic E-state index is 10.5. The Morgan fingerprint density at radius 3 is 2.33 bits per heavy atom. The van der Waals surface area contributed by atoms with Crippen LogP contribution >= 0.6 is 0 Å². The van der Waals surface area contributed by atoms with Crippen molar-refractivity contribution in [2.24, 2.45) is 0 Å². The summed E-state index contributed by atoms with van der Waals surface area (Å²) in [7, 11) is 0. The molecule has 9 heteroatoms. The molecule has 1 fully saturated rings. The molecule has 5 unspecified atom stereocenters. The van der Waals surface area contributed by atoms with Crippen molar-refractivity contribution < 1.29 is 35.5 Å². The van der Waals surface area contributed by atoms with Crippen molar-refractivity contribution in [2.75, 3.05) is 6.54 Å². The lowest BCUT2D eigenvalue weighted by Crippen LogP contribution is -2.67. The maximum atomic E-state index is 10.5. The second-order valence-electron chi connectivity index (χ2n) is 4.67. The van der Waals surface area contributed by atoms with Crippen molar-refractivity contribution in [1.29, 1.82) is 0 Å². The molecule has 1 saturated heterocycles. The lowest BCUT2D eigenvalue weighted by Gasteiger charge is -2.39. The molecule has 9 nitrogen and oxygen atoms in total. The third kappa shape index (κ3) is 3.28. The highest BCUT2D eigenvalue weighted by atomic mass is 16.7. The number of ether oxygens (including phenoxy) is 2. The highest BCUT2D eigenvalue weighted by Gasteiger charge is 2.45. The summed E-state index contributed by atoms with van der Waals surface area (Å²) in [5.74, 6) is 0.232. The van der Waals surface area contributed by atoms with Crippen molar-refractivity contribution in [3.8, 4) is 5.75 Å². The first-order valence-electron chi connectivity index (χ1n) is 6.34. The van der Waals surface area contributed by atoms with Gasteiger partial charge in [0.2, 0.25) is 6.29 Å². The largest absolute Gasteiger partial charge is 0.462 e. The molecule has 0 aliphatic carbocycles. The Morgan fingerprint density at radius 1 is 1.19 bits per heavy atom. The topological polar surface area (TPSA) is 150 Å². The van der Waals surface area contributed by atoms with Gasteiger partial charge in [0.05, 0.1) is 4.92 Å². The van der Waals surface area contributed by atoms with Crippen LogP contribution in [0.2, 0.25) is 0 Å². The molecule has 1 aliphatic heterocycles. The van der Waals surface area contributed by atoms with Crippen molar-refractivity contribution in [2.45, 2.75) is 30.7 Å². The zero-order valence-electron chi connectivity index (χ0n) is 11.0. The van der Waals surface area contributed by atoms with Gasteiger partial charge >= 0.3 is 0 Å². The van der Waals surface area contributed by atoms with E-state index in [9.17, 15) is 25.4 Å². The fourth-order valence-electron chi connectivity index (χ4n) is 2.03. The fraction of sp³-hybridized carbons (Fsp3) is 0.500. The number of nitrogens with zero attached hydrogens (tertiary/aromatic N) is 1. The highest BCUT2D eigenvalue weighted by molar-refractivity contribution is 5.36. The van der Waals surface area contributed by atoms with Crippen LogP contribution in [0.4, 0.5) is 5.69 Å². The minimum absolute atomic E-state index is 0.0986. The number of rotatable bonds is 4. The molecule has 0 bridgehead atoms. The van der Waals surface area contributed by atoms with Crippen LogP contribution in [0.15, 0.2) is 24.3 Å². The van der Waals surface area contributed by atoms with E-state index in [0.29, 0.717) is 0 Å². The summed E-state index contributed by atoms with van der Waals surface area (Å²) in [6.07, 6.45) is -6.09.